The second kappa shape index (κ2) is 6.94. The van der Waals surface area contributed by atoms with Crippen LogP contribution in [0, 0.1) is 0 Å². The Balaban J connectivity index is 2.06. The Hall–Kier alpha value is -2.28. The Kier molecular flexibility index (Phi) is 4.99. The second-order valence-electron chi connectivity index (χ2n) is 4.79. The summed E-state index contributed by atoms with van der Waals surface area (Å²) >= 11 is 0. The largest absolute Gasteiger partial charge is 0.495 e. The third-order valence-corrected chi connectivity index (χ3v) is 3.32. The molecule has 0 saturated carbocycles. The van der Waals surface area contributed by atoms with Gasteiger partial charge in [0.25, 0.3) is 0 Å². The minimum atomic E-state index is -0.128. The molecule has 0 aromatic heterocycles. The highest BCUT2D eigenvalue weighted by Gasteiger charge is 2.20. The fraction of sp³-hybridized carbons (Fsp3) is 0.429. The van der Waals surface area contributed by atoms with Crippen molar-refractivity contribution in [2.45, 2.75) is 25.4 Å². The van der Waals surface area contributed by atoms with E-state index in [1.807, 2.05) is 0 Å². The molecule has 1 saturated heterocycles. The number of amidine groups is 1. The number of hydrogen-bond acceptors (Lipinski definition) is 5. The highest BCUT2D eigenvalue weighted by molar-refractivity contribution is 5.99. The molecule has 1 fully saturated rings. The lowest BCUT2D eigenvalue weighted by atomic mass is 10.1. The van der Waals surface area contributed by atoms with Gasteiger partial charge in [-0.3, -0.25) is 4.79 Å². The molecule has 1 aromatic carbocycles. The van der Waals surface area contributed by atoms with Gasteiger partial charge in [0, 0.05) is 12.2 Å². The maximum atomic E-state index is 12.0. The van der Waals surface area contributed by atoms with Crippen LogP contribution in [-0.2, 0) is 9.53 Å². The molecule has 1 atom stereocenters. The number of amides is 1. The molecule has 1 heterocycles. The maximum Gasteiger partial charge on any atom is 0.227 e. The highest BCUT2D eigenvalue weighted by atomic mass is 16.5. The molecule has 0 spiro atoms. The van der Waals surface area contributed by atoms with E-state index >= 15 is 0 Å². The molecule has 2 rings (SSSR count). The highest BCUT2D eigenvalue weighted by Crippen LogP contribution is 2.26. The number of nitrogens with one attached hydrogen (secondary N) is 1. The van der Waals surface area contributed by atoms with Gasteiger partial charge in [-0.15, -0.1) is 0 Å². The van der Waals surface area contributed by atoms with E-state index in [9.17, 15) is 4.79 Å². The second-order valence-corrected chi connectivity index (χ2v) is 4.79. The van der Waals surface area contributed by atoms with Crippen molar-refractivity contribution < 1.29 is 19.5 Å². The summed E-state index contributed by atoms with van der Waals surface area (Å²) in [7, 11) is 1.49. The minimum absolute atomic E-state index is 0.00700. The fourth-order valence-electron chi connectivity index (χ4n) is 2.22. The van der Waals surface area contributed by atoms with Crippen molar-refractivity contribution in [2.24, 2.45) is 10.9 Å². The van der Waals surface area contributed by atoms with Crippen molar-refractivity contribution in [2.75, 3.05) is 19.0 Å². The van der Waals surface area contributed by atoms with E-state index in [1.165, 1.54) is 7.11 Å². The van der Waals surface area contributed by atoms with Crippen LogP contribution in [-0.4, -0.2) is 36.8 Å². The van der Waals surface area contributed by atoms with E-state index < -0.39 is 0 Å². The zero-order valence-corrected chi connectivity index (χ0v) is 11.8. The summed E-state index contributed by atoms with van der Waals surface area (Å²) in [5, 5.41) is 14.4. The smallest absolute Gasteiger partial charge is 0.227 e. The predicted octanol–water partition coefficient (Wildman–Crippen LogP) is 1.30. The summed E-state index contributed by atoms with van der Waals surface area (Å²) in [5.41, 5.74) is 6.56. The number of ether oxygens (including phenoxy) is 2. The van der Waals surface area contributed by atoms with Crippen molar-refractivity contribution >= 4 is 17.4 Å². The zero-order valence-electron chi connectivity index (χ0n) is 11.8. The first-order valence-electron chi connectivity index (χ1n) is 6.71. The maximum absolute atomic E-state index is 12.0. The number of benzene rings is 1. The van der Waals surface area contributed by atoms with Crippen molar-refractivity contribution in [3.05, 3.63) is 23.8 Å². The summed E-state index contributed by atoms with van der Waals surface area (Å²) < 4.78 is 10.6. The summed E-state index contributed by atoms with van der Waals surface area (Å²) in [6.45, 7) is 0.718. The first-order chi connectivity index (χ1) is 10.1. The molecule has 7 nitrogen and oxygen atoms in total. The normalized spacial score (nSPS) is 18.5. The lowest BCUT2D eigenvalue weighted by Crippen LogP contribution is -2.20. The minimum Gasteiger partial charge on any atom is -0.495 e. The Morgan fingerprint density at radius 3 is 3.05 bits per heavy atom. The topological polar surface area (TPSA) is 106 Å². The first kappa shape index (κ1) is 15.1. The number of carbonyl (C=O) groups is 1. The molecule has 0 radical (unpaired) electrons. The summed E-state index contributed by atoms with van der Waals surface area (Å²) in [6.07, 6.45) is 2.22. The average Bonchev–Trinajstić information content (AvgIpc) is 2.99. The number of carbonyl (C=O) groups excluding carboxylic acids is 1. The molecule has 21 heavy (non-hydrogen) atoms. The predicted molar refractivity (Wildman–Crippen MR) is 77.7 cm³/mol. The van der Waals surface area contributed by atoms with Gasteiger partial charge in [0.05, 0.1) is 25.3 Å². The van der Waals surface area contributed by atoms with Gasteiger partial charge in [-0.25, -0.2) is 0 Å². The van der Waals surface area contributed by atoms with Gasteiger partial charge in [-0.2, -0.15) is 0 Å². The molecule has 0 bridgehead atoms. The van der Waals surface area contributed by atoms with Crippen LogP contribution < -0.4 is 15.8 Å². The molecular formula is C14H19N3O4. The quantitative estimate of drug-likeness (QED) is 0.328. The third kappa shape index (κ3) is 3.85. The molecule has 1 unspecified atom stereocenters. The summed E-state index contributed by atoms with van der Waals surface area (Å²) in [5.74, 6) is 0.294. The van der Waals surface area contributed by atoms with Crippen molar-refractivity contribution in [3.63, 3.8) is 0 Å². The standard InChI is InChI=1S/C14H19N3O4/c1-20-12-7-9(14(15)17-19)4-5-11(12)16-13(18)8-10-3-2-6-21-10/h4-5,7,10,19H,2-3,6,8H2,1H3,(H2,15,17)(H,16,18). The third-order valence-electron chi connectivity index (χ3n) is 3.32. The van der Waals surface area contributed by atoms with Crippen LogP contribution >= 0.6 is 0 Å². The van der Waals surface area contributed by atoms with Crippen LogP contribution in [0.1, 0.15) is 24.8 Å². The molecule has 1 aromatic rings. The van der Waals surface area contributed by atoms with Gasteiger partial charge >= 0.3 is 0 Å². The number of nitrogens with zero attached hydrogens (tertiary/aromatic N) is 1. The van der Waals surface area contributed by atoms with Crippen molar-refractivity contribution in [3.8, 4) is 5.75 Å². The first-order valence-corrected chi connectivity index (χ1v) is 6.71. The lowest BCUT2D eigenvalue weighted by molar-refractivity contribution is -0.118. The van der Waals surface area contributed by atoms with Gasteiger partial charge in [0.15, 0.2) is 5.84 Å². The number of methoxy groups -OCH3 is 1. The van der Waals surface area contributed by atoms with Gasteiger partial charge in [-0.05, 0) is 31.0 Å². The fourth-order valence-corrected chi connectivity index (χ4v) is 2.22. The average molecular weight is 293 g/mol. The van der Waals surface area contributed by atoms with Gasteiger partial charge in [0.1, 0.15) is 5.75 Å². The molecule has 1 amide bonds. The number of anilines is 1. The SMILES string of the molecule is COc1cc(/C(N)=N/O)ccc1NC(=O)CC1CCCO1. The van der Waals surface area contributed by atoms with Crippen molar-refractivity contribution in [1.82, 2.24) is 0 Å². The van der Waals surface area contributed by atoms with Crippen LogP contribution in [0.15, 0.2) is 23.4 Å². The van der Waals surface area contributed by atoms with E-state index in [0.29, 0.717) is 23.4 Å². The van der Waals surface area contributed by atoms with Crippen molar-refractivity contribution in [1.29, 1.82) is 0 Å². The molecule has 7 heteroatoms. The van der Waals surface area contributed by atoms with E-state index in [2.05, 4.69) is 10.5 Å². The van der Waals surface area contributed by atoms with Crippen LogP contribution in [0.25, 0.3) is 0 Å². The van der Waals surface area contributed by atoms with Gasteiger partial charge < -0.3 is 25.7 Å². The lowest BCUT2D eigenvalue weighted by Gasteiger charge is -2.13. The van der Waals surface area contributed by atoms with Gasteiger partial charge in [-0.1, -0.05) is 5.16 Å². The molecule has 0 aliphatic carbocycles. The van der Waals surface area contributed by atoms with E-state index in [4.69, 9.17) is 20.4 Å². The van der Waals surface area contributed by atoms with Crippen LogP contribution in [0.2, 0.25) is 0 Å². The Labute approximate surface area is 122 Å². The summed E-state index contributed by atoms with van der Waals surface area (Å²) in [6, 6.07) is 4.88. The van der Waals surface area contributed by atoms with Crippen LogP contribution in [0.4, 0.5) is 5.69 Å². The Bertz CT molecular complexity index is 539. The monoisotopic (exact) mass is 293 g/mol. The van der Waals surface area contributed by atoms with E-state index in [0.717, 1.165) is 19.4 Å². The number of oxime groups is 1. The Morgan fingerprint density at radius 1 is 1.62 bits per heavy atom. The zero-order chi connectivity index (χ0) is 15.2. The molecule has 4 N–H and O–H groups in total. The van der Waals surface area contributed by atoms with Crippen LogP contribution in [0.5, 0.6) is 5.75 Å². The summed E-state index contributed by atoms with van der Waals surface area (Å²) in [4.78, 5) is 12.0. The number of rotatable bonds is 5. The van der Waals surface area contributed by atoms with Gasteiger partial charge in [0.2, 0.25) is 5.91 Å². The molecule has 1 aliphatic heterocycles. The number of hydrogen-bond donors (Lipinski definition) is 3. The van der Waals surface area contributed by atoms with E-state index in [-0.39, 0.29) is 17.8 Å². The molecule has 114 valence electrons. The van der Waals surface area contributed by atoms with Crippen LogP contribution in [0.3, 0.4) is 0 Å². The molecular weight excluding hydrogens is 274 g/mol. The number of nitrogens with two attached hydrogens (primary N) is 1. The van der Waals surface area contributed by atoms with E-state index in [1.54, 1.807) is 18.2 Å². The Morgan fingerprint density at radius 2 is 2.43 bits per heavy atom. The molecule has 1 aliphatic rings.